The number of rotatable bonds is 1. The van der Waals surface area contributed by atoms with Gasteiger partial charge in [-0.1, -0.05) is 51.6 Å². The molecule has 63 valence electrons. The van der Waals surface area contributed by atoms with Gasteiger partial charge >= 0.3 is 0 Å². The van der Waals surface area contributed by atoms with Crippen LogP contribution in [0.2, 0.25) is 0 Å². The van der Waals surface area contributed by atoms with Crippen molar-refractivity contribution in [2.45, 2.75) is 26.2 Å². The third kappa shape index (κ3) is 1.97. The third-order valence-corrected chi connectivity index (χ3v) is 1.96. The van der Waals surface area contributed by atoms with Gasteiger partial charge in [0.1, 0.15) is 0 Å². The Hall–Kier alpha value is -1.04. The van der Waals surface area contributed by atoms with Gasteiger partial charge in [-0.25, -0.2) is 0 Å². The summed E-state index contributed by atoms with van der Waals surface area (Å²) in [5, 5.41) is 0. The zero-order chi connectivity index (χ0) is 9.19. The van der Waals surface area contributed by atoms with Crippen LogP contribution in [0.4, 0.5) is 0 Å². The predicted octanol–water partition coefficient (Wildman–Crippen LogP) is 3.32. The third-order valence-electron chi connectivity index (χ3n) is 1.96. The Labute approximate surface area is 74.9 Å². The van der Waals surface area contributed by atoms with E-state index < -0.39 is 0 Å². The van der Waals surface area contributed by atoms with Crippen molar-refractivity contribution in [1.82, 2.24) is 0 Å². The van der Waals surface area contributed by atoms with E-state index in [9.17, 15) is 0 Å². The second kappa shape index (κ2) is 3.14. The Morgan fingerprint density at radius 3 is 1.92 bits per heavy atom. The molecule has 0 heteroatoms. The average Bonchev–Trinajstić information content (AvgIpc) is 2.03. The van der Waals surface area contributed by atoms with Gasteiger partial charge in [0.2, 0.25) is 0 Å². The monoisotopic (exact) mass is 159 g/mol. The molecule has 0 heterocycles. The van der Waals surface area contributed by atoms with Crippen LogP contribution in [0.15, 0.2) is 30.8 Å². The van der Waals surface area contributed by atoms with E-state index in [0.717, 1.165) is 5.56 Å². The van der Waals surface area contributed by atoms with Crippen molar-refractivity contribution in [2.75, 3.05) is 0 Å². The highest BCUT2D eigenvalue weighted by molar-refractivity contribution is 5.29. The highest BCUT2D eigenvalue weighted by Gasteiger charge is 2.12. The second-order valence-corrected chi connectivity index (χ2v) is 4.00. The smallest absolute Gasteiger partial charge is 0.0132 e. The topological polar surface area (TPSA) is 0 Å². The lowest BCUT2D eigenvalue weighted by molar-refractivity contribution is 0.590. The number of hydrogen-bond donors (Lipinski definition) is 0. The zero-order valence-corrected chi connectivity index (χ0v) is 8.02. The molecule has 0 bridgehead atoms. The van der Waals surface area contributed by atoms with E-state index in [1.807, 2.05) is 12.1 Å². The van der Waals surface area contributed by atoms with Crippen LogP contribution in [-0.4, -0.2) is 0 Å². The van der Waals surface area contributed by atoms with Crippen molar-refractivity contribution in [1.29, 1.82) is 0 Å². The average molecular weight is 159 g/mol. The minimum absolute atomic E-state index is 0.236. The van der Waals surface area contributed by atoms with E-state index >= 15 is 0 Å². The van der Waals surface area contributed by atoms with E-state index in [1.54, 1.807) is 0 Å². The molecule has 0 nitrogen and oxygen atoms in total. The summed E-state index contributed by atoms with van der Waals surface area (Å²) in [7, 11) is 0. The lowest BCUT2D eigenvalue weighted by Gasteiger charge is -2.18. The Balaban J connectivity index is 3.00. The maximum atomic E-state index is 3.60. The second-order valence-electron chi connectivity index (χ2n) is 4.00. The standard InChI is InChI=1S/C12H15/c1-5-10-6-8-11(9-7-10)12(2,3)4/h6-9H,1H2,2-4H3. The molecule has 0 spiro atoms. The number of hydrogen-bond acceptors (Lipinski definition) is 0. The lowest BCUT2D eigenvalue weighted by atomic mass is 9.87. The van der Waals surface area contributed by atoms with Gasteiger partial charge in [0.05, 0.1) is 0 Å². The summed E-state index contributed by atoms with van der Waals surface area (Å²) in [5.41, 5.74) is 2.64. The SMILES string of the molecule is C=[C]c1ccc(C(C)(C)C)cc1. The first kappa shape index (κ1) is 9.05. The van der Waals surface area contributed by atoms with Gasteiger partial charge in [-0.15, -0.1) is 0 Å². The molecule has 0 aliphatic heterocycles. The molecule has 0 aliphatic carbocycles. The van der Waals surface area contributed by atoms with E-state index in [1.165, 1.54) is 5.56 Å². The van der Waals surface area contributed by atoms with Crippen LogP contribution in [0, 0.1) is 6.08 Å². The van der Waals surface area contributed by atoms with Crippen molar-refractivity contribution in [3.8, 4) is 0 Å². The summed E-state index contributed by atoms with van der Waals surface area (Å²) >= 11 is 0. The van der Waals surface area contributed by atoms with Crippen LogP contribution in [-0.2, 0) is 5.41 Å². The molecule has 1 rings (SSSR count). The maximum Gasteiger partial charge on any atom is -0.0132 e. The molecule has 0 saturated carbocycles. The van der Waals surface area contributed by atoms with Crippen molar-refractivity contribution in [2.24, 2.45) is 0 Å². The van der Waals surface area contributed by atoms with Gasteiger partial charge in [0.15, 0.2) is 0 Å². The molecular formula is C12H15. The Morgan fingerprint density at radius 1 is 1.08 bits per heavy atom. The Bertz CT molecular complexity index is 259. The molecule has 0 fully saturated rings. The first-order chi connectivity index (χ1) is 5.54. The van der Waals surface area contributed by atoms with E-state index in [2.05, 4.69) is 45.6 Å². The zero-order valence-electron chi connectivity index (χ0n) is 8.02. The fraction of sp³-hybridized carbons (Fsp3) is 0.333. The van der Waals surface area contributed by atoms with E-state index in [4.69, 9.17) is 0 Å². The first-order valence-electron chi connectivity index (χ1n) is 4.17. The molecule has 1 radical (unpaired) electrons. The van der Waals surface area contributed by atoms with Crippen molar-refractivity contribution in [3.63, 3.8) is 0 Å². The van der Waals surface area contributed by atoms with Crippen LogP contribution >= 0.6 is 0 Å². The molecule has 1 aromatic carbocycles. The van der Waals surface area contributed by atoms with Gasteiger partial charge in [-0.3, -0.25) is 0 Å². The summed E-state index contributed by atoms with van der Waals surface area (Å²) in [5.74, 6) is 0. The molecule has 0 N–H and O–H groups in total. The van der Waals surface area contributed by atoms with E-state index in [-0.39, 0.29) is 5.41 Å². The van der Waals surface area contributed by atoms with Crippen LogP contribution < -0.4 is 0 Å². The molecule has 12 heavy (non-hydrogen) atoms. The molecule has 0 saturated heterocycles. The largest absolute Gasteiger partial charge is 0.0906 e. The van der Waals surface area contributed by atoms with Gasteiger partial charge < -0.3 is 0 Å². The fourth-order valence-corrected chi connectivity index (χ4v) is 1.09. The summed E-state index contributed by atoms with van der Waals surface area (Å²) in [4.78, 5) is 0. The predicted molar refractivity (Wildman–Crippen MR) is 53.1 cm³/mol. The van der Waals surface area contributed by atoms with Crippen LogP contribution in [0.3, 0.4) is 0 Å². The van der Waals surface area contributed by atoms with E-state index in [0.29, 0.717) is 0 Å². The molecule has 1 aromatic rings. The molecule has 0 unspecified atom stereocenters. The Kier molecular flexibility index (Phi) is 2.37. The van der Waals surface area contributed by atoms with Gasteiger partial charge in [0, 0.05) is 0 Å². The molecule has 0 aromatic heterocycles. The molecule has 0 atom stereocenters. The highest BCUT2D eigenvalue weighted by Crippen LogP contribution is 2.21. The molecular weight excluding hydrogens is 144 g/mol. The van der Waals surface area contributed by atoms with Gasteiger partial charge in [-0.2, -0.15) is 0 Å². The maximum absolute atomic E-state index is 3.60. The molecule has 0 aliphatic rings. The lowest BCUT2D eigenvalue weighted by Crippen LogP contribution is -2.10. The van der Waals surface area contributed by atoms with Crippen molar-refractivity contribution < 1.29 is 0 Å². The van der Waals surface area contributed by atoms with Crippen LogP contribution in [0.25, 0.3) is 0 Å². The summed E-state index contributed by atoms with van der Waals surface area (Å²) in [6, 6.07) is 8.36. The summed E-state index contributed by atoms with van der Waals surface area (Å²) in [6.07, 6.45) is 2.86. The summed E-state index contributed by atoms with van der Waals surface area (Å²) in [6.45, 7) is 10.2. The summed E-state index contributed by atoms with van der Waals surface area (Å²) < 4.78 is 0. The minimum Gasteiger partial charge on any atom is -0.0906 e. The Morgan fingerprint density at radius 2 is 1.58 bits per heavy atom. The fourth-order valence-electron chi connectivity index (χ4n) is 1.09. The van der Waals surface area contributed by atoms with Gasteiger partial charge in [-0.05, 0) is 22.6 Å². The van der Waals surface area contributed by atoms with Crippen molar-refractivity contribution in [3.05, 3.63) is 48.0 Å². The van der Waals surface area contributed by atoms with Gasteiger partial charge in [0.25, 0.3) is 0 Å². The highest BCUT2D eigenvalue weighted by atomic mass is 14.2. The van der Waals surface area contributed by atoms with Crippen LogP contribution in [0.5, 0.6) is 0 Å². The normalized spacial score (nSPS) is 11.2. The first-order valence-corrected chi connectivity index (χ1v) is 4.17. The quantitative estimate of drug-likeness (QED) is 0.589. The minimum atomic E-state index is 0.236. The number of benzene rings is 1. The van der Waals surface area contributed by atoms with Crippen molar-refractivity contribution >= 4 is 0 Å². The molecule has 0 amide bonds. The van der Waals surface area contributed by atoms with Crippen LogP contribution in [0.1, 0.15) is 31.9 Å².